The second kappa shape index (κ2) is 14.8. The largest absolute Gasteiger partial charge is 0.486 e. The Bertz CT molecular complexity index is 1540. The summed E-state index contributed by atoms with van der Waals surface area (Å²) in [6, 6.07) is 16.7. The second-order valence-corrected chi connectivity index (χ2v) is 12.7. The zero-order valence-corrected chi connectivity index (χ0v) is 26.4. The number of anilines is 1. The van der Waals surface area contributed by atoms with Gasteiger partial charge in [-0.25, -0.2) is 8.42 Å². The van der Waals surface area contributed by atoms with Crippen LogP contribution in [0.4, 0.5) is 5.69 Å². The molecule has 2 amide bonds. The molecule has 1 aliphatic rings. The molecule has 0 unspecified atom stereocenters. The Morgan fingerprint density at radius 1 is 0.930 bits per heavy atom. The summed E-state index contributed by atoms with van der Waals surface area (Å²) in [7, 11) is -4.21. The van der Waals surface area contributed by atoms with E-state index in [1.165, 1.54) is 17.0 Å². The van der Waals surface area contributed by atoms with Crippen molar-refractivity contribution in [2.45, 2.75) is 50.6 Å². The van der Waals surface area contributed by atoms with Gasteiger partial charge in [0.1, 0.15) is 25.8 Å². The molecule has 0 saturated heterocycles. The molecule has 1 heterocycles. The van der Waals surface area contributed by atoms with Gasteiger partial charge in [0.05, 0.1) is 20.6 Å². The SMILES string of the molecule is CCCCNC(=O)[C@H](CC)N(Cc1ccc(Cl)c(Cl)c1)C(=O)CN(c1ccc2c(c1)OCCO2)S(=O)(=O)c1ccccc1. The van der Waals surface area contributed by atoms with Crippen molar-refractivity contribution in [1.29, 1.82) is 0 Å². The van der Waals surface area contributed by atoms with E-state index in [9.17, 15) is 18.0 Å². The molecule has 3 aromatic carbocycles. The van der Waals surface area contributed by atoms with E-state index in [0.717, 1.165) is 17.1 Å². The number of ether oxygens (including phenoxy) is 2. The molecular weight excluding hydrogens is 613 g/mol. The maximum absolute atomic E-state index is 14.2. The van der Waals surface area contributed by atoms with Crippen molar-refractivity contribution in [2.24, 2.45) is 0 Å². The number of halogens is 2. The summed E-state index contributed by atoms with van der Waals surface area (Å²) in [6.45, 7) is 4.41. The maximum atomic E-state index is 14.2. The summed E-state index contributed by atoms with van der Waals surface area (Å²) >= 11 is 12.4. The number of sulfonamides is 1. The number of hydrogen-bond donors (Lipinski definition) is 1. The van der Waals surface area contributed by atoms with Gasteiger partial charge in [0.25, 0.3) is 10.0 Å². The third kappa shape index (κ3) is 7.93. The lowest BCUT2D eigenvalue weighted by Gasteiger charge is -2.33. The fourth-order valence-electron chi connectivity index (χ4n) is 4.70. The van der Waals surface area contributed by atoms with Crippen molar-refractivity contribution in [3.05, 3.63) is 82.3 Å². The molecule has 0 aromatic heterocycles. The van der Waals surface area contributed by atoms with Gasteiger partial charge in [0.15, 0.2) is 11.5 Å². The Morgan fingerprint density at radius 3 is 2.33 bits per heavy atom. The highest BCUT2D eigenvalue weighted by Gasteiger charge is 2.34. The summed E-state index contributed by atoms with van der Waals surface area (Å²) in [5.41, 5.74) is 0.857. The number of fused-ring (bicyclic) bond motifs is 1. The van der Waals surface area contributed by atoms with E-state index >= 15 is 0 Å². The average Bonchev–Trinajstić information content (AvgIpc) is 3.01. The van der Waals surface area contributed by atoms with Crippen LogP contribution in [0.3, 0.4) is 0 Å². The van der Waals surface area contributed by atoms with Gasteiger partial charge in [-0.2, -0.15) is 0 Å². The Kier molecular flexibility index (Phi) is 11.2. The molecule has 0 bridgehead atoms. The molecule has 0 spiro atoms. The summed E-state index contributed by atoms with van der Waals surface area (Å²) in [6.07, 6.45) is 1.99. The number of carbonyl (C=O) groups is 2. The van der Waals surface area contributed by atoms with Crippen LogP contribution in [-0.2, 0) is 26.2 Å². The Labute approximate surface area is 262 Å². The average molecular weight is 649 g/mol. The van der Waals surface area contributed by atoms with E-state index in [1.54, 1.807) is 61.5 Å². The number of hydrogen-bond acceptors (Lipinski definition) is 6. The zero-order chi connectivity index (χ0) is 31.0. The lowest BCUT2D eigenvalue weighted by molar-refractivity contribution is -0.140. The number of unbranched alkanes of at least 4 members (excludes halogenated alkanes) is 1. The van der Waals surface area contributed by atoms with Crippen LogP contribution >= 0.6 is 23.2 Å². The topological polar surface area (TPSA) is 105 Å². The number of rotatable bonds is 13. The Morgan fingerprint density at radius 2 is 1.65 bits per heavy atom. The second-order valence-electron chi connectivity index (χ2n) is 9.99. The van der Waals surface area contributed by atoms with Gasteiger partial charge >= 0.3 is 0 Å². The highest BCUT2D eigenvalue weighted by atomic mass is 35.5. The van der Waals surface area contributed by atoms with Crippen LogP contribution in [0, 0.1) is 0 Å². The van der Waals surface area contributed by atoms with E-state index in [0.29, 0.717) is 53.3 Å². The molecule has 43 heavy (non-hydrogen) atoms. The van der Waals surface area contributed by atoms with Crippen LogP contribution < -0.4 is 19.1 Å². The zero-order valence-electron chi connectivity index (χ0n) is 24.1. The lowest BCUT2D eigenvalue weighted by atomic mass is 10.1. The molecule has 1 aliphatic heterocycles. The molecule has 0 saturated carbocycles. The van der Waals surface area contributed by atoms with E-state index < -0.39 is 28.5 Å². The molecule has 3 aromatic rings. The first-order valence-electron chi connectivity index (χ1n) is 14.1. The predicted molar refractivity (Wildman–Crippen MR) is 167 cm³/mol. The number of nitrogens with one attached hydrogen (secondary N) is 1. The maximum Gasteiger partial charge on any atom is 0.264 e. The highest BCUT2D eigenvalue weighted by molar-refractivity contribution is 7.92. The van der Waals surface area contributed by atoms with Crippen LogP contribution in [0.5, 0.6) is 11.5 Å². The minimum absolute atomic E-state index is 0.00971. The molecule has 0 radical (unpaired) electrons. The van der Waals surface area contributed by atoms with Gasteiger partial charge in [-0.15, -0.1) is 0 Å². The van der Waals surface area contributed by atoms with E-state index in [-0.39, 0.29) is 23.0 Å². The van der Waals surface area contributed by atoms with Crippen molar-refractivity contribution in [3.8, 4) is 11.5 Å². The van der Waals surface area contributed by atoms with Crippen molar-refractivity contribution >= 4 is 50.7 Å². The molecule has 1 N–H and O–H groups in total. The first-order chi connectivity index (χ1) is 20.6. The molecule has 0 fully saturated rings. The predicted octanol–water partition coefficient (Wildman–Crippen LogP) is 5.68. The first-order valence-corrected chi connectivity index (χ1v) is 16.3. The number of nitrogens with zero attached hydrogens (tertiary/aromatic N) is 2. The van der Waals surface area contributed by atoms with Crippen molar-refractivity contribution in [1.82, 2.24) is 10.2 Å². The third-order valence-corrected chi connectivity index (χ3v) is 9.50. The molecule has 4 rings (SSSR count). The first kappa shape index (κ1) is 32.4. The van der Waals surface area contributed by atoms with E-state index in [1.807, 2.05) is 6.92 Å². The third-order valence-electron chi connectivity index (χ3n) is 6.98. The van der Waals surface area contributed by atoms with Crippen LogP contribution in [-0.4, -0.2) is 57.5 Å². The van der Waals surface area contributed by atoms with Gasteiger partial charge in [-0.1, -0.05) is 67.7 Å². The molecule has 0 aliphatic carbocycles. The lowest BCUT2D eigenvalue weighted by Crippen LogP contribution is -2.52. The summed E-state index contributed by atoms with van der Waals surface area (Å²) in [5.74, 6) is -0.0348. The minimum atomic E-state index is -4.21. The summed E-state index contributed by atoms with van der Waals surface area (Å²) < 4.78 is 40.4. The molecule has 230 valence electrons. The van der Waals surface area contributed by atoms with Gasteiger partial charge < -0.3 is 19.7 Å². The number of amides is 2. The highest BCUT2D eigenvalue weighted by Crippen LogP contribution is 2.36. The fraction of sp³-hybridized carbons (Fsp3) is 0.355. The van der Waals surface area contributed by atoms with Crippen LogP contribution in [0.15, 0.2) is 71.6 Å². The van der Waals surface area contributed by atoms with Crippen molar-refractivity contribution < 1.29 is 27.5 Å². The molecule has 12 heteroatoms. The van der Waals surface area contributed by atoms with Gasteiger partial charge in [-0.3, -0.25) is 13.9 Å². The van der Waals surface area contributed by atoms with Crippen LogP contribution in [0.2, 0.25) is 10.0 Å². The van der Waals surface area contributed by atoms with E-state index in [2.05, 4.69) is 5.32 Å². The smallest absolute Gasteiger partial charge is 0.264 e. The normalized spacial score (nSPS) is 13.2. The quantitative estimate of drug-likeness (QED) is 0.239. The number of benzene rings is 3. The van der Waals surface area contributed by atoms with Gasteiger partial charge in [0, 0.05) is 19.2 Å². The molecule has 9 nitrogen and oxygen atoms in total. The Hall–Kier alpha value is -3.47. The summed E-state index contributed by atoms with van der Waals surface area (Å²) in [5, 5.41) is 3.56. The Balaban J connectivity index is 1.74. The van der Waals surface area contributed by atoms with Crippen molar-refractivity contribution in [2.75, 3.05) is 30.6 Å². The minimum Gasteiger partial charge on any atom is -0.486 e. The van der Waals surface area contributed by atoms with E-state index in [4.69, 9.17) is 32.7 Å². The van der Waals surface area contributed by atoms with Crippen molar-refractivity contribution in [3.63, 3.8) is 0 Å². The van der Waals surface area contributed by atoms with Gasteiger partial charge in [0.2, 0.25) is 11.8 Å². The molecule has 1 atom stereocenters. The fourth-order valence-corrected chi connectivity index (χ4v) is 6.44. The monoisotopic (exact) mass is 647 g/mol. The number of carbonyl (C=O) groups excluding carboxylic acids is 2. The standard InChI is InChI=1S/C31H35Cl2N3O6S/c1-3-5-15-34-31(38)27(4-2)35(20-22-11-13-25(32)26(33)18-22)30(37)21-36(43(39,40)24-9-7-6-8-10-24)23-12-14-28-29(19-23)42-17-16-41-28/h6-14,18-19,27H,3-5,15-17,20-21H2,1-2H3,(H,34,38)/t27-/m0/s1. The molecular formula is C31H35Cl2N3O6S. The van der Waals surface area contributed by atoms with Crippen LogP contribution in [0.25, 0.3) is 0 Å². The summed E-state index contributed by atoms with van der Waals surface area (Å²) in [4.78, 5) is 28.9. The van der Waals surface area contributed by atoms with Crippen LogP contribution in [0.1, 0.15) is 38.7 Å². The van der Waals surface area contributed by atoms with Gasteiger partial charge in [-0.05, 0) is 54.8 Å².